The summed E-state index contributed by atoms with van der Waals surface area (Å²) < 4.78 is 1.84. The number of rotatable bonds is 7. The van der Waals surface area contributed by atoms with Crippen LogP contribution in [0.3, 0.4) is 0 Å². The molecule has 2 N–H and O–H groups in total. The minimum absolute atomic E-state index is 0.00359. The summed E-state index contributed by atoms with van der Waals surface area (Å²) in [7, 11) is 0. The third-order valence-electron chi connectivity index (χ3n) is 4.01. The fourth-order valence-corrected chi connectivity index (χ4v) is 2.68. The molecule has 24 heavy (non-hydrogen) atoms. The van der Waals surface area contributed by atoms with E-state index in [1.54, 1.807) is 6.20 Å². The molecule has 5 nitrogen and oxygen atoms in total. The fraction of sp³-hybridized carbons (Fsp3) is 0.263. The lowest BCUT2D eigenvalue weighted by Crippen LogP contribution is -2.36. The maximum Gasteiger partial charge on any atom is 0.234 e. The highest BCUT2D eigenvalue weighted by atomic mass is 16.1. The van der Waals surface area contributed by atoms with E-state index in [0.717, 1.165) is 12.1 Å². The second kappa shape index (κ2) is 7.75. The number of hydrogen-bond acceptors (Lipinski definition) is 3. The summed E-state index contributed by atoms with van der Waals surface area (Å²) in [5, 5.41) is 12.7. The molecule has 0 aliphatic carbocycles. The summed E-state index contributed by atoms with van der Waals surface area (Å²) in [4.78, 5) is 12.1. The Kier molecular flexibility index (Phi) is 5.23. The van der Waals surface area contributed by atoms with Gasteiger partial charge in [-0.05, 0) is 35.4 Å². The van der Waals surface area contributed by atoms with Crippen LogP contribution >= 0.6 is 0 Å². The summed E-state index contributed by atoms with van der Waals surface area (Å²) in [6, 6.07) is 16.4. The number of amides is 1. The van der Waals surface area contributed by atoms with Crippen molar-refractivity contribution in [2.24, 2.45) is 0 Å². The van der Waals surface area contributed by atoms with E-state index < -0.39 is 0 Å². The van der Waals surface area contributed by atoms with Crippen LogP contribution in [0.5, 0.6) is 0 Å². The first kappa shape index (κ1) is 16.2. The van der Waals surface area contributed by atoms with E-state index in [4.69, 9.17) is 0 Å². The summed E-state index contributed by atoms with van der Waals surface area (Å²) in [5.41, 5.74) is 1.11. The van der Waals surface area contributed by atoms with E-state index in [0.29, 0.717) is 13.1 Å². The zero-order valence-corrected chi connectivity index (χ0v) is 13.8. The summed E-state index contributed by atoms with van der Waals surface area (Å²) in [6.07, 6.45) is 3.65. The van der Waals surface area contributed by atoms with Crippen LogP contribution in [0, 0.1) is 0 Å². The Bertz CT molecular complexity index is 798. The van der Waals surface area contributed by atoms with E-state index in [1.807, 2.05) is 36.0 Å². The third-order valence-corrected chi connectivity index (χ3v) is 4.01. The van der Waals surface area contributed by atoms with E-state index >= 15 is 0 Å². The van der Waals surface area contributed by atoms with Gasteiger partial charge in [-0.2, -0.15) is 5.10 Å². The lowest BCUT2D eigenvalue weighted by Gasteiger charge is -2.15. The molecule has 1 aromatic heterocycles. The van der Waals surface area contributed by atoms with Crippen molar-refractivity contribution >= 4 is 16.7 Å². The van der Waals surface area contributed by atoms with Gasteiger partial charge in [-0.3, -0.25) is 9.48 Å². The number of carbonyl (C=O) groups is 1. The van der Waals surface area contributed by atoms with Gasteiger partial charge in [0.25, 0.3) is 0 Å². The largest absolute Gasteiger partial charge is 0.348 e. The average molecular weight is 322 g/mol. The molecule has 0 radical (unpaired) electrons. The van der Waals surface area contributed by atoms with Gasteiger partial charge < -0.3 is 10.6 Å². The van der Waals surface area contributed by atoms with Gasteiger partial charge in [0.05, 0.1) is 19.1 Å². The second-order valence-electron chi connectivity index (χ2n) is 5.84. The predicted octanol–water partition coefficient (Wildman–Crippen LogP) is 2.50. The van der Waals surface area contributed by atoms with Crippen LogP contribution in [0.4, 0.5) is 0 Å². The molecule has 1 heterocycles. The predicted molar refractivity (Wildman–Crippen MR) is 95.6 cm³/mol. The smallest absolute Gasteiger partial charge is 0.234 e. The molecule has 0 aliphatic heterocycles. The first-order chi connectivity index (χ1) is 11.7. The van der Waals surface area contributed by atoms with E-state index in [-0.39, 0.29) is 11.9 Å². The molecule has 0 saturated carbocycles. The van der Waals surface area contributed by atoms with Gasteiger partial charge in [0, 0.05) is 18.9 Å². The Morgan fingerprint density at radius 1 is 1.17 bits per heavy atom. The Balaban J connectivity index is 1.47. The Morgan fingerprint density at radius 3 is 2.79 bits per heavy atom. The van der Waals surface area contributed by atoms with E-state index in [2.05, 4.69) is 46.1 Å². The van der Waals surface area contributed by atoms with Gasteiger partial charge in [0.1, 0.15) is 0 Å². The molecule has 0 fully saturated rings. The van der Waals surface area contributed by atoms with Crippen LogP contribution in [0.1, 0.15) is 18.5 Å². The molecule has 2 aromatic carbocycles. The van der Waals surface area contributed by atoms with Crippen LogP contribution in [0.2, 0.25) is 0 Å². The van der Waals surface area contributed by atoms with Crippen molar-refractivity contribution in [3.8, 4) is 0 Å². The monoisotopic (exact) mass is 322 g/mol. The van der Waals surface area contributed by atoms with Gasteiger partial charge in [-0.1, -0.05) is 36.4 Å². The highest BCUT2D eigenvalue weighted by Crippen LogP contribution is 2.20. The van der Waals surface area contributed by atoms with Crippen molar-refractivity contribution in [2.75, 3.05) is 13.1 Å². The molecule has 0 bridgehead atoms. The lowest BCUT2D eigenvalue weighted by molar-refractivity contribution is -0.120. The standard InChI is InChI=1S/C19H22N4O/c1-15(17-8-7-16-5-2-3-6-18(16)13-17)22-19(24)14-20-10-12-23-11-4-9-21-23/h2-9,11,13,15,20H,10,12,14H2,1H3,(H,22,24)/t15-/m1/s1. The molecule has 1 atom stereocenters. The van der Waals surface area contributed by atoms with E-state index in [1.165, 1.54) is 10.8 Å². The van der Waals surface area contributed by atoms with Crippen LogP contribution < -0.4 is 10.6 Å². The van der Waals surface area contributed by atoms with Crippen molar-refractivity contribution < 1.29 is 4.79 Å². The minimum Gasteiger partial charge on any atom is -0.348 e. The molecular weight excluding hydrogens is 300 g/mol. The number of fused-ring (bicyclic) bond motifs is 1. The average Bonchev–Trinajstić information content (AvgIpc) is 3.11. The molecule has 0 saturated heterocycles. The maximum atomic E-state index is 12.1. The van der Waals surface area contributed by atoms with Crippen LogP contribution in [0.25, 0.3) is 10.8 Å². The van der Waals surface area contributed by atoms with Crippen molar-refractivity contribution in [1.29, 1.82) is 0 Å². The Hall–Kier alpha value is -2.66. The molecule has 1 amide bonds. The fourth-order valence-electron chi connectivity index (χ4n) is 2.68. The van der Waals surface area contributed by atoms with Crippen LogP contribution in [0.15, 0.2) is 60.9 Å². The highest BCUT2D eigenvalue weighted by molar-refractivity contribution is 5.83. The highest BCUT2D eigenvalue weighted by Gasteiger charge is 2.09. The molecule has 0 unspecified atom stereocenters. The van der Waals surface area contributed by atoms with Crippen LogP contribution in [-0.4, -0.2) is 28.8 Å². The SMILES string of the molecule is C[C@@H](NC(=O)CNCCn1cccn1)c1ccc2ccccc2c1. The van der Waals surface area contributed by atoms with Crippen molar-refractivity contribution in [3.63, 3.8) is 0 Å². The van der Waals surface area contributed by atoms with E-state index in [9.17, 15) is 4.79 Å². The summed E-state index contributed by atoms with van der Waals surface area (Å²) in [5.74, 6) is -0.00359. The Morgan fingerprint density at radius 2 is 2.00 bits per heavy atom. The van der Waals surface area contributed by atoms with Crippen molar-refractivity contribution in [1.82, 2.24) is 20.4 Å². The number of nitrogens with one attached hydrogen (secondary N) is 2. The molecule has 5 heteroatoms. The van der Waals surface area contributed by atoms with Gasteiger partial charge in [0.15, 0.2) is 0 Å². The second-order valence-corrected chi connectivity index (χ2v) is 5.84. The number of aromatic nitrogens is 2. The van der Waals surface area contributed by atoms with Crippen molar-refractivity contribution in [3.05, 3.63) is 66.5 Å². The Labute approximate surface area is 141 Å². The minimum atomic E-state index is -0.0185. The first-order valence-corrected chi connectivity index (χ1v) is 8.18. The zero-order chi connectivity index (χ0) is 16.8. The normalized spacial score (nSPS) is 12.2. The lowest BCUT2D eigenvalue weighted by atomic mass is 10.0. The first-order valence-electron chi connectivity index (χ1n) is 8.18. The number of carbonyl (C=O) groups excluding carboxylic acids is 1. The van der Waals surface area contributed by atoms with Crippen LogP contribution in [-0.2, 0) is 11.3 Å². The molecule has 3 rings (SSSR count). The maximum absolute atomic E-state index is 12.1. The molecule has 0 aliphatic rings. The molecular formula is C19H22N4O. The van der Waals surface area contributed by atoms with Gasteiger partial charge in [-0.25, -0.2) is 0 Å². The third kappa shape index (κ3) is 4.20. The van der Waals surface area contributed by atoms with Gasteiger partial charge in [-0.15, -0.1) is 0 Å². The topological polar surface area (TPSA) is 59.0 Å². The summed E-state index contributed by atoms with van der Waals surface area (Å²) in [6.45, 7) is 3.77. The van der Waals surface area contributed by atoms with Crippen molar-refractivity contribution in [2.45, 2.75) is 19.5 Å². The zero-order valence-electron chi connectivity index (χ0n) is 13.8. The molecule has 0 spiro atoms. The number of nitrogens with zero attached hydrogens (tertiary/aromatic N) is 2. The molecule has 3 aromatic rings. The van der Waals surface area contributed by atoms with Gasteiger partial charge >= 0.3 is 0 Å². The van der Waals surface area contributed by atoms with Gasteiger partial charge in [0.2, 0.25) is 5.91 Å². The number of benzene rings is 2. The quantitative estimate of drug-likeness (QED) is 0.657. The molecule has 124 valence electrons. The summed E-state index contributed by atoms with van der Waals surface area (Å²) >= 11 is 0. The number of hydrogen-bond donors (Lipinski definition) is 2.